The summed E-state index contributed by atoms with van der Waals surface area (Å²) in [4.78, 5) is 5.11. The van der Waals surface area contributed by atoms with Gasteiger partial charge in [-0.2, -0.15) is 0 Å². The van der Waals surface area contributed by atoms with Crippen LogP contribution in [0, 0.1) is 5.92 Å². The molecule has 2 aliphatic rings. The third-order valence-corrected chi connectivity index (χ3v) is 4.20. The highest BCUT2D eigenvalue weighted by Crippen LogP contribution is 2.18. The van der Waals surface area contributed by atoms with E-state index in [0.717, 1.165) is 12.0 Å². The minimum absolute atomic E-state index is 0.827. The van der Waals surface area contributed by atoms with Gasteiger partial charge in [-0.05, 0) is 65.3 Å². The summed E-state index contributed by atoms with van der Waals surface area (Å²) in [5, 5.41) is 3.45. The first-order valence-electron chi connectivity index (χ1n) is 6.85. The van der Waals surface area contributed by atoms with E-state index < -0.39 is 0 Å². The molecule has 3 heteroatoms. The second-order valence-electron chi connectivity index (χ2n) is 5.69. The van der Waals surface area contributed by atoms with E-state index in [-0.39, 0.29) is 0 Å². The van der Waals surface area contributed by atoms with Crippen LogP contribution >= 0.6 is 0 Å². The third kappa shape index (κ3) is 3.44. The monoisotopic (exact) mass is 225 g/mol. The number of hydrogen-bond donors (Lipinski definition) is 1. The van der Waals surface area contributed by atoms with Gasteiger partial charge in [0.05, 0.1) is 0 Å². The van der Waals surface area contributed by atoms with E-state index in [1.807, 2.05) is 0 Å². The first-order valence-corrected chi connectivity index (χ1v) is 6.85. The van der Waals surface area contributed by atoms with Crippen molar-refractivity contribution in [3.63, 3.8) is 0 Å². The highest BCUT2D eigenvalue weighted by Gasteiger charge is 2.23. The van der Waals surface area contributed by atoms with Crippen LogP contribution in [0.5, 0.6) is 0 Å². The average molecular weight is 225 g/mol. The van der Waals surface area contributed by atoms with Crippen LogP contribution in [0.1, 0.15) is 25.7 Å². The van der Waals surface area contributed by atoms with Crippen molar-refractivity contribution in [2.75, 3.05) is 46.8 Å². The molecule has 3 nitrogen and oxygen atoms in total. The van der Waals surface area contributed by atoms with E-state index in [1.54, 1.807) is 0 Å². The van der Waals surface area contributed by atoms with Crippen molar-refractivity contribution in [3.8, 4) is 0 Å². The molecule has 0 aliphatic carbocycles. The summed E-state index contributed by atoms with van der Waals surface area (Å²) >= 11 is 0. The van der Waals surface area contributed by atoms with E-state index >= 15 is 0 Å². The van der Waals surface area contributed by atoms with Crippen LogP contribution in [0.25, 0.3) is 0 Å². The Balaban J connectivity index is 1.74. The zero-order chi connectivity index (χ0) is 11.4. The van der Waals surface area contributed by atoms with Crippen LogP contribution in [0.2, 0.25) is 0 Å². The summed E-state index contributed by atoms with van der Waals surface area (Å²) in [5.41, 5.74) is 0. The van der Waals surface area contributed by atoms with E-state index in [9.17, 15) is 0 Å². The number of rotatable bonds is 3. The van der Waals surface area contributed by atoms with E-state index in [2.05, 4.69) is 29.2 Å². The molecule has 2 heterocycles. The van der Waals surface area contributed by atoms with Crippen LogP contribution in [0.15, 0.2) is 0 Å². The van der Waals surface area contributed by atoms with Crippen LogP contribution in [-0.2, 0) is 0 Å². The standard InChI is InChI=1S/C13H27N3/c1-15-9-3-4-12(10-15)11-16(2)13-5-7-14-8-6-13/h12-14H,3-11H2,1-2H3. The van der Waals surface area contributed by atoms with Gasteiger partial charge in [0.1, 0.15) is 0 Å². The lowest BCUT2D eigenvalue weighted by Gasteiger charge is -2.37. The molecule has 0 radical (unpaired) electrons. The van der Waals surface area contributed by atoms with Crippen molar-refractivity contribution in [2.45, 2.75) is 31.7 Å². The molecule has 0 bridgehead atoms. The molecular formula is C13H27N3. The van der Waals surface area contributed by atoms with Crippen molar-refractivity contribution in [3.05, 3.63) is 0 Å². The van der Waals surface area contributed by atoms with E-state index in [4.69, 9.17) is 0 Å². The summed E-state index contributed by atoms with van der Waals surface area (Å²) < 4.78 is 0. The van der Waals surface area contributed by atoms with Crippen LogP contribution < -0.4 is 5.32 Å². The van der Waals surface area contributed by atoms with Crippen molar-refractivity contribution in [1.82, 2.24) is 15.1 Å². The smallest absolute Gasteiger partial charge is 0.0116 e. The summed E-state index contributed by atoms with van der Waals surface area (Å²) in [6.45, 7) is 6.32. The van der Waals surface area contributed by atoms with Crippen LogP contribution in [0.4, 0.5) is 0 Å². The topological polar surface area (TPSA) is 18.5 Å². The van der Waals surface area contributed by atoms with Gasteiger partial charge in [-0.1, -0.05) is 0 Å². The Morgan fingerprint density at radius 1 is 1.25 bits per heavy atom. The summed E-state index contributed by atoms with van der Waals surface area (Å²) in [5.74, 6) is 0.902. The predicted octanol–water partition coefficient (Wildman–Crippen LogP) is 1.01. The number of piperidine rings is 2. The normalized spacial score (nSPS) is 29.8. The van der Waals surface area contributed by atoms with Gasteiger partial charge >= 0.3 is 0 Å². The molecule has 2 rings (SSSR count). The number of nitrogens with zero attached hydrogens (tertiary/aromatic N) is 2. The Labute approximate surface area is 100 Å². The molecule has 0 aromatic rings. The lowest BCUT2D eigenvalue weighted by molar-refractivity contribution is 0.127. The molecule has 0 aromatic heterocycles. The molecule has 1 atom stereocenters. The number of hydrogen-bond acceptors (Lipinski definition) is 3. The Hall–Kier alpha value is -0.120. The second-order valence-corrected chi connectivity index (χ2v) is 5.69. The lowest BCUT2D eigenvalue weighted by Crippen LogP contribution is -2.45. The lowest BCUT2D eigenvalue weighted by atomic mass is 9.96. The second kappa shape index (κ2) is 5.99. The van der Waals surface area contributed by atoms with Gasteiger partial charge in [-0.25, -0.2) is 0 Å². The van der Waals surface area contributed by atoms with Crippen molar-refractivity contribution in [1.29, 1.82) is 0 Å². The first-order chi connectivity index (χ1) is 7.75. The van der Waals surface area contributed by atoms with Gasteiger partial charge in [0.25, 0.3) is 0 Å². The first kappa shape index (κ1) is 12.3. The zero-order valence-electron chi connectivity index (χ0n) is 10.9. The Bertz CT molecular complexity index is 201. The molecule has 0 amide bonds. The highest BCUT2D eigenvalue weighted by atomic mass is 15.2. The fourth-order valence-electron chi connectivity index (χ4n) is 3.23. The molecule has 2 fully saturated rings. The SMILES string of the molecule is CN1CCCC(CN(C)C2CCNCC2)C1. The molecule has 0 aromatic carbocycles. The molecule has 2 saturated heterocycles. The third-order valence-electron chi connectivity index (χ3n) is 4.20. The molecule has 0 saturated carbocycles. The Kier molecular flexibility index (Phi) is 4.62. The minimum Gasteiger partial charge on any atom is -0.317 e. The molecule has 0 spiro atoms. The summed E-state index contributed by atoms with van der Waals surface area (Å²) in [7, 11) is 4.58. The number of nitrogens with one attached hydrogen (secondary N) is 1. The van der Waals surface area contributed by atoms with Gasteiger partial charge in [0.15, 0.2) is 0 Å². The Morgan fingerprint density at radius 2 is 2.00 bits per heavy atom. The average Bonchev–Trinajstić information content (AvgIpc) is 2.30. The maximum Gasteiger partial charge on any atom is 0.0116 e. The van der Waals surface area contributed by atoms with Crippen molar-refractivity contribution < 1.29 is 0 Å². The van der Waals surface area contributed by atoms with Gasteiger partial charge in [-0.3, -0.25) is 0 Å². The van der Waals surface area contributed by atoms with Crippen molar-refractivity contribution in [2.24, 2.45) is 5.92 Å². The maximum absolute atomic E-state index is 3.45. The predicted molar refractivity (Wildman–Crippen MR) is 68.7 cm³/mol. The highest BCUT2D eigenvalue weighted by molar-refractivity contribution is 4.79. The van der Waals surface area contributed by atoms with Crippen LogP contribution in [0.3, 0.4) is 0 Å². The van der Waals surface area contributed by atoms with Gasteiger partial charge in [0.2, 0.25) is 0 Å². The molecule has 2 aliphatic heterocycles. The molecule has 1 N–H and O–H groups in total. The number of likely N-dealkylation sites (tertiary alicyclic amines) is 1. The van der Waals surface area contributed by atoms with Gasteiger partial charge in [-0.15, -0.1) is 0 Å². The fraction of sp³-hybridized carbons (Fsp3) is 1.00. The quantitative estimate of drug-likeness (QED) is 0.773. The van der Waals surface area contributed by atoms with Crippen molar-refractivity contribution >= 4 is 0 Å². The molecular weight excluding hydrogens is 198 g/mol. The van der Waals surface area contributed by atoms with E-state index in [1.165, 1.54) is 58.4 Å². The fourth-order valence-corrected chi connectivity index (χ4v) is 3.23. The van der Waals surface area contributed by atoms with Crippen LogP contribution in [-0.4, -0.2) is 62.7 Å². The molecule has 94 valence electrons. The van der Waals surface area contributed by atoms with E-state index in [0.29, 0.717) is 0 Å². The summed E-state index contributed by atoms with van der Waals surface area (Å²) in [6.07, 6.45) is 5.49. The zero-order valence-corrected chi connectivity index (χ0v) is 10.9. The Morgan fingerprint density at radius 3 is 2.69 bits per heavy atom. The molecule has 1 unspecified atom stereocenters. The molecule has 16 heavy (non-hydrogen) atoms. The van der Waals surface area contributed by atoms with Gasteiger partial charge in [0, 0.05) is 19.1 Å². The maximum atomic E-state index is 3.45. The van der Waals surface area contributed by atoms with Gasteiger partial charge < -0.3 is 15.1 Å². The minimum atomic E-state index is 0.827. The largest absolute Gasteiger partial charge is 0.317 e. The summed E-state index contributed by atoms with van der Waals surface area (Å²) in [6, 6.07) is 0.827.